The van der Waals surface area contributed by atoms with E-state index in [1.54, 1.807) is 0 Å². The molecule has 66 valence electrons. The van der Waals surface area contributed by atoms with Gasteiger partial charge in [0.25, 0.3) is 0 Å². The molecule has 0 saturated carbocycles. The van der Waals surface area contributed by atoms with Crippen LogP contribution in [0.3, 0.4) is 0 Å². The largest absolute Gasteiger partial charge is 0.467 e. The van der Waals surface area contributed by atoms with Gasteiger partial charge in [-0.15, -0.1) is 0 Å². The minimum Gasteiger partial charge on any atom is -0.467 e. The van der Waals surface area contributed by atoms with Crippen molar-refractivity contribution in [2.75, 3.05) is 13.7 Å². The van der Waals surface area contributed by atoms with Gasteiger partial charge in [0.15, 0.2) is 6.61 Å². The summed E-state index contributed by atoms with van der Waals surface area (Å²) in [6.45, 7) is 0.0176. The molecule has 0 amide bonds. The van der Waals surface area contributed by atoms with E-state index >= 15 is 0 Å². The number of allylic oxidation sites excluding steroid dienone is 2. The fourth-order valence-corrected chi connectivity index (χ4v) is 2.13. The summed E-state index contributed by atoms with van der Waals surface area (Å²) in [6, 6.07) is 0. The molecule has 1 aliphatic rings. The standard InChI is InChI=1S/C8H9IO3/c1-11-8(10)6-12-7-4-2-3-5-9-7/h2-5H,6H2,1H3. The van der Waals surface area contributed by atoms with E-state index in [0.717, 1.165) is 3.69 Å². The molecule has 0 fully saturated rings. The molecule has 12 heavy (non-hydrogen) atoms. The number of halogens is 1. The molecule has 4 heteroatoms. The Hall–Kier alpha value is -0.490. The average molecular weight is 280 g/mol. The normalized spacial score (nSPS) is 14.9. The van der Waals surface area contributed by atoms with Gasteiger partial charge in [0.05, 0.1) is 7.11 Å². The molecule has 0 aromatic heterocycles. The van der Waals surface area contributed by atoms with Crippen molar-refractivity contribution in [3.05, 3.63) is 22.3 Å². The number of ether oxygens (including phenoxy) is 2. The Morgan fingerprint density at radius 1 is 1.58 bits per heavy atom. The van der Waals surface area contributed by atoms with Crippen LogP contribution in [0.15, 0.2) is 22.3 Å². The van der Waals surface area contributed by atoms with E-state index < -0.39 is 0 Å². The van der Waals surface area contributed by atoms with Gasteiger partial charge < -0.3 is 9.47 Å². The second-order valence-electron chi connectivity index (χ2n) is 1.96. The maximum absolute atomic E-state index is 10.7. The molecule has 0 aromatic rings. The second-order valence-corrected chi connectivity index (χ2v) is 4.36. The Bertz CT molecular complexity index is 253. The van der Waals surface area contributed by atoms with Crippen molar-refractivity contribution in [3.63, 3.8) is 0 Å². The minimum atomic E-state index is -0.338. The van der Waals surface area contributed by atoms with Gasteiger partial charge in [-0.25, -0.2) is 4.79 Å². The predicted molar refractivity (Wildman–Crippen MR) is 55.3 cm³/mol. The number of carbonyl (C=O) groups excluding carboxylic acids is 1. The Labute approximate surface area is 80.8 Å². The molecule has 0 bridgehead atoms. The summed E-state index contributed by atoms with van der Waals surface area (Å²) in [6.07, 6.45) is 5.77. The number of hydrogen-bond donors (Lipinski definition) is 0. The zero-order chi connectivity index (χ0) is 8.81. The third kappa shape index (κ3) is 3.27. The smallest absolute Gasteiger partial charge is 0.332 e. The van der Waals surface area contributed by atoms with Crippen molar-refractivity contribution < 1.29 is 14.3 Å². The van der Waals surface area contributed by atoms with E-state index in [1.165, 1.54) is 7.11 Å². The first-order valence-corrected chi connectivity index (χ1v) is 5.68. The molecule has 0 radical (unpaired) electrons. The van der Waals surface area contributed by atoms with Gasteiger partial charge in [-0.2, -0.15) is 0 Å². The van der Waals surface area contributed by atoms with Crippen molar-refractivity contribution in [2.45, 2.75) is 0 Å². The van der Waals surface area contributed by atoms with Crippen molar-refractivity contribution in [1.29, 1.82) is 0 Å². The zero-order valence-corrected chi connectivity index (χ0v) is 8.78. The molecule has 1 aliphatic heterocycles. The molecule has 0 N–H and O–H groups in total. The summed E-state index contributed by atoms with van der Waals surface area (Å²) < 4.78 is 12.6. The number of hydrogen-bond acceptors (Lipinski definition) is 3. The first-order chi connectivity index (χ1) is 5.83. The molecule has 1 rings (SSSR count). The van der Waals surface area contributed by atoms with Gasteiger partial charge in [-0.05, 0) is 10.2 Å². The van der Waals surface area contributed by atoms with Crippen LogP contribution in [0.25, 0.3) is 0 Å². The van der Waals surface area contributed by atoms with Gasteiger partial charge in [0.2, 0.25) is 0 Å². The number of carbonyl (C=O) groups is 1. The van der Waals surface area contributed by atoms with Crippen molar-refractivity contribution in [3.8, 4) is 0 Å². The number of rotatable bonds is 3. The minimum absolute atomic E-state index is 0.0176. The van der Waals surface area contributed by atoms with E-state index in [2.05, 4.69) is 8.82 Å². The molecule has 0 spiro atoms. The third-order valence-corrected chi connectivity index (χ3v) is 3.20. The molecule has 0 aliphatic carbocycles. The van der Waals surface area contributed by atoms with Crippen LogP contribution in [0.5, 0.6) is 0 Å². The van der Waals surface area contributed by atoms with Crippen LogP contribution in [-0.4, -0.2) is 23.4 Å². The lowest BCUT2D eigenvalue weighted by Crippen LogP contribution is -2.12. The van der Waals surface area contributed by atoms with Gasteiger partial charge in [0.1, 0.15) is 3.69 Å². The van der Waals surface area contributed by atoms with Crippen molar-refractivity contribution >= 4 is 30.4 Å². The molecule has 0 atom stereocenters. The SMILES string of the molecule is COC(=O)COC1=IC=CC=C1. The Kier molecular flexibility index (Phi) is 4.16. The summed E-state index contributed by atoms with van der Waals surface area (Å²) in [4.78, 5) is 10.7. The molecular formula is C8H9IO3. The van der Waals surface area contributed by atoms with Gasteiger partial charge in [-0.1, -0.05) is 32.9 Å². The summed E-state index contributed by atoms with van der Waals surface area (Å²) in [5, 5.41) is 0. The highest BCUT2D eigenvalue weighted by Gasteiger charge is 2.01. The first-order valence-electron chi connectivity index (χ1n) is 3.36. The van der Waals surface area contributed by atoms with Crippen LogP contribution in [0.1, 0.15) is 0 Å². The Balaban J connectivity index is 2.33. The number of esters is 1. The summed E-state index contributed by atoms with van der Waals surface area (Å²) in [7, 11) is 1.35. The predicted octanol–water partition coefficient (Wildman–Crippen LogP) is 1.36. The lowest BCUT2D eigenvalue weighted by atomic mass is 10.5. The maximum Gasteiger partial charge on any atom is 0.332 e. The highest BCUT2D eigenvalue weighted by molar-refractivity contribution is 14.2. The highest BCUT2D eigenvalue weighted by atomic mass is 127. The molecule has 0 saturated heterocycles. The van der Waals surface area contributed by atoms with Crippen LogP contribution in [0.2, 0.25) is 0 Å². The van der Waals surface area contributed by atoms with Gasteiger partial charge in [0, 0.05) is 0 Å². The van der Waals surface area contributed by atoms with E-state index in [0.29, 0.717) is 0 Å². The van der Waals surface area contributed by atoms with E-state index in [-0.39, 0.29) is 33.3 Å². The topological polar surface area (TPSA) is 35.5 Å². The van der Waals surface area contributed by atoms with E-state index in [1.807, 2.05) is 18.2 Å². The van der Waals surface area contributed by atoms with E-state index in [9.17, 15) is 4.79 Å². The van der Waals surface area contributed by atoms with Crippen molar-refractivity contribution in [1.82, 2.24) is 0 Å². The molecule has 3 nitrogen and oxygen atoms in total. The van der Waals surface area contributed by atoms with E-state index in [4.69, 9.17) is 4.74 Å². The quantitative estimate of drug-likeness (QED) is 0.578. The summed E-state index contributed by atoms with van der Waals surface area (Å²) >= 11 is -0.169. The second kappa shape index (κ2) is 5.21. The highest BCUT2D eigenvalue weighted by Crippen LogP contribution is 2.09. The van der Waals surface area contributed by atoms with Gasteiger partial charge in [-0.3, -0.25) is 0 Å². The maximum atomic E-state index is 10.7. The number of methoxy groups -OCH3 is 1. The Morgan fingerprint density at radius 3 is 3.00 bits per heavy atom. The molecule has 0 aromatic carbocycles. The Morgan fingerprint density at radius 2 is 2.42 bits per heavy atom. The molecule has 0 unspecified atom stereocenters. The molecular weight excluding hydrogens is 271 g/mol. The lowest BCUT2D eigenvalue weighted by molar-refractivity contribution is -0.143. The fraction of sp³-hybridized carbons (Fsp3) is 0.250. The lowest BCUT2D eigenvalue weighted by Gasteiger charge is -2.02. The summed E-state index contributed by atoms with van der Waals surface area (Å²) in [5.41, 5.74) is 0. The van der Waals surface area contributed by atoms with Gasteiger partial charge >= 0.3 is 5.97 Å². The van der Waals surface area contributed by atoms with Crippen LogP contribution in [0.4, 0.5) is 0 Å². The monoisotopic (exact) mass is 280 g/mol. The van der Waals surface area contributed by atoms with Crippen LogP contribution < -0.4 is 0 Å². The zero-order valence-electron chi connectivity index (χ0n) is 6.62. The van der Waals surface area contributed by atoms with Crippen LogP contribution in [-0.2, 0) is 14.3 Å². The third-order valence-electron chi connectivity index (χ3n) is 1.14. The van der Waals surface area contributed by atoms with Crippen molar-refractivity contribution in [2.24, 2.45) is 0 Å². The van der Waals surface area contributed by atoms with Crippen LogP contribution in [0, 0.1) is 0 Å². The fourth-order valence-electron chi connectivity index (χ4n) is 0.574. The molecule has 1 heterocycles. The van der Waals surface area contributed by atoms with Crippen LogP contribution >= 0.6 is 20.7 Å². The summed E-state index contributed by atoms with van der Waals surface area (Å²) in [5.74, 6) is -0.338. The first kappa shape index (κ1) is 9.60. The average Bonchev–Trinajstić information content (AvgIpc) is 2.16.